The summed E-state index contributed by atoms with van der Waals surface area (Å²) in [6.45, 7) is 1.04. The standard InChI is InChI=1S/C23H23N3O3/c27-23(28)26-12-10-22(11-13-26)29-21-8-6-17(7-9-21)18-14-20(16-24-15-18)25-19-4-2-1-3-5-19/h1-9,14-16,22,25H,10-13H2,(H,27,28). The molecule has 1 aliphatic rings. The number of anilines is 2. The van der Waals surface area contributed by atoms with Crippen LogP contribution in [-0.4, -0.2) is 40.3 Å². The zero-order valence-electron chi connectivity index (χ0n) is 16.0. The molecular formula is C23H23N3O3. The largest absolute Gasteiger partial charge is 0.490 e. The lowest BCUT2D eigenvalue weighted by molar-refractivity contribution is 0.0895. The molecule has 2 aromatic carbocycles. The van der Waals surface area contributed by atoms with Crippen LogP contribution in [-0.2, 0) is 0 Å². The molecule has 148 valence electrons. The normalized spacial score (nSPS) is 14.4. The molecule has 0 atom stereocenters. The maximum Gasteiger partial charge on any atom is 0.407 e. The van der Waals surface area contributed by atoms with Crippen LogP contribution in [0, 0.1) is 0 Å². The monoisotopic (exact) mass is 389 g/mol. The van der Waals surface area contributed by atoms with Crippen molar-refractivity contribution in [2.45, 2.75) is 18.9 Å². The quantitative estimate of drug-likeness (QED) is 0.641. The van der Waals surface area contributed by atoms with Gasteiger partial charge in [-0.3, -0.25) is 4.98 Å². The Hall–Kier alpha value is -3.54. The van der Waals surface area contributed by atoms with Crippen molar-refractivity contribution in [1.29, 1.82) is 0 Å². The van der Waals surface area contributed by atoms with Crippen LogP contribution in [0.5, 0.6) is 5.75 Å². The molecular weight excluding hydrogens is 366 g/mol. The van der Waals surface area contributed by atoms with E-state index in [1.165, 1.54) is 4.90 Å². The molecule has 1 amide bonds. The van der Waals surface area contributed by atoms with Crippen molar-refractivity contribution in [1.82, 2.24) is 9.88 Å². The van der Waals surface area contributed by atoms with Gasteiger partial charge in [-0.25, -0.2) is 4.79 Å². The van der Waals surface area contributed by atoms with Crippen LogP contribution in [0.25, 0.3) is 11.1 Å². The topological polar surface area (TPSA) is 74.7 Å². The summed E-state index contributed by atoms with van der Waals surface area (Å²) < 4.78 is 6.03. The van der Waals surface area contributed by atoms with Gasteiger partial charge in [0.2, 0.25) is 0 Å². The number of pyridine rings is 1. The van der Waals surface area contributed by atoms with E-state index in [2.05, 4.69) is 16.4 Å². The molecule has 0 aliphatic carbocycles. The molecule has 2 heterocycles. The van der Waals surface area contributed by atoms with Gasteiger partial charge in [0.1, 0.15) is 11.9 Å². The van der Waals surface area contributed by atoms with Crippen molar-refractivity contribution < 1.29 is 14.6 Å². The van der Waals surface area contributed by atoms with Gasteiger partial charge in [-0.2, -0.15) is 0 Å². The molecule has 0 saturated carbocycles. The number of aromatic nitrogens is 1. The van der Waals surface area contributed by atoms with Crippen LogP contribution in [0.4, 0.5) is 16.2 Å². The molecule has 0 spiro atoms. The summed E-state index contributed by atoms with van der Waals surface area (Å²) in [5.74, 6) is 0.800. The highest BCUT2D eigenvalue weighted by atomic mass is 16.5. The summed E-state index contributed by atoms with van der Waals surface area (Å²) in [7, 11) is 0. The zero-order chi connectivity index (χ0) is 20.1. The fraction of sp³-hybridized carbons (Fsp3) is 0.217. The third-order valence-electron chi connectivity index (χ3n) is 5.00. The smallest absolute Gasteiger partial charge is 0.407 e. The maximum atomic E-state index is 11.0. The van der Waals surface area contributed by atoms with Crippen molar-refractivity contribution in [2.75, 3.05) is 18.4 Å². The lowest BCUT2D eigenvalue weighted by Crippen LogP contribution is -2.41. The number of hydrogen-bond acceptors (Lipinski definition) is 4. The minimum Gasteiger partial charge on any atom is -0.490 e. The summed E-state index contributed by atoms with van der Waals surface area (Å²) in [6, 6.07) is 20.0. The molecule has 1 fully saturated rings. The first-order valence-electron chi connectivity index (χ1n) is 9.69. The minimum atomic E-state index is -0.856. The van der Waals surface area contributed by atoms with Gasteiger partial charge in [0.25, 0.3) is 0 Å². The van der Waals surface area contributed by atoms with Crippen LogP contribution >= 0.6 is 0 Å². The number of rotatable bonds is 5. The number of ether oxygens (including phenoxy) is 1. The van der Waals surface area contributed by atoms with E-state index in [0.29, 0.717) is 25.9 Å². The van der Waals surface area contributed by atoms with Gasteiger partial charge in [-0.05, 0) is 35.9 Å². The van der Waals surface area contributed by atoms with Gasteiger partial charge in [-0.1, -0.05) is 30.3 Å². The van der Waals surface area contributed by atoms with Crippen LogP contribution in [0.15, 0.2) is 73.1 Å². The van der Waals surface area contributed by atoms with Gasteiger partial charge in [0, 0.05) is 43.4 Å². The predicted octanol–water partition coefficient (Wildman–Crippen LogP) is 5.01. The average molecular weight is 389 g/mol. The van der Waals surface area contributed by atoms with Gasteiger partial charge in [0.05, 0.1) is 11.9 Å². The van der Waals surface area contributed by atoms with Gasteiger partial charge in [0.15, 0.2) is 0 Å². The molecule has 6 nitrogen and oxygen atoms in total. The van der Waals surface area contributed by atoms with Crippen LogP contribution in [0.3, 0.4) is 0 Å². The van der Waals surface area contributed by atoms with E-state index in [1.807, 2.05) is 60.8 Å². The Morgan fingerprint density at radius 2 is 1.69 bits per heavy atom. The SMILES string of the molecule is O=C(O)N1CCC(Oc2ccc(-c3cncc(Nc4ccccc4)c3)cc2)CC1. The average Bonchev–Trinajstić information content (AvgIpc) is 2.76. The van der Waals surface area contributed by atoms with E-state index in [-0.39, 0.29) is 6.10 Å². The first kappa shape index (κ1) is 18.8. The fourth-order valence-corrected chi connectivity index (χ4v) is 3.44. The summed E-state index contributed by atoms with van der Waals surface area (Å²) in [6.07, 6.45) is 4.27. The maximum absolute atomic E-state index is 11.0. The number of likely N-dealkylation sites (tertiary alicyclic amines) is 1. The Morgan fingerprint density at radius 3 is 2.38 bits per heavy atom. The lowest BCUT2D eigenvalue weighted by atomic mass is 10.1. The number of nitrogens with zero attached hydrogens (tertiary/aromatic N) is 2. The minimum absolute atomic E-state index is 0.0523. The number of carboxylic acid groups (broad SMARTS) is 1. The van der Waals surface area contributed by atoms with Crippen molar-refractivity contribution in [2.24, 2.45) is 0 Å². The van der Waals surface area contributed by atoms with Gasteiger partial charge in [-0.15, -0.1) is 0 Å². The number of carbonyl (C=O) groups is 1. The molecule has 2 N–H and O–H groups in total. The van der Waals surface area contributed by atoms with Crippen molar-refractivity contribution in [3.05, 3.63) is 73.1 Å². The Morgan fingerprint density at radius 1 is 0.966 bits per heavy atom. The van der Waals surface area contributed by atoms with Crippen LogP contribution in [0.2, 0.25) is 0 Å². The van der Waals surface area contributed by atoms with Crippen LogP contribution in [0.1, 0.15) is 12.8 Å². The molecule has 0 bridgehead atoms. The second-order valence-corrected chi connectivity index (χ2v) is 7.06. The molecule has 3 aromatic rings. The lowest BCUT2D eigenvalue weighted by Gasteiger charge is -2.30. The summed E-state index contributed by atoms with van der Waals surface area (Å²) in [4.78, 5) is 16.8. The molecule has 1 aromatic heterocycles. The van der Waals surface area contributed by atoms with E-state index in [9.17, 15) is 4.79 Å². The molecule has 1 saturated heterocycles. The third-order valence-corrected chi connectivity index (χ3v) is 5.00. The van der Waals surface area contributed by atoms with E-state index >= 15 is 0 Å². The van der Waals surface area contributed by atoms with Gasteiger partial charge >= 0.3 is 6.09 Å². The van der Waals surface area contributed by atoms with E-state index < -0.39 is 6.09 Å². The van der Waals surface area contributed by atoms with Crippen molar-refractivity contribution in [3.63, 3.8) is 0 Å². The summed E-state index contributed by atoms with van der Waals surface area (Å²) >= 11 is 0. The third kappa shape index (κ3) is 4.85. The Labute approximate surface area is 169 Å². The number of hydrogen-bond donors (Lipinski definition) is 2. The first-order chi connectivity index (χ1) is 14.2. The van der Waals surface area contributed by atoms with E-state index in [1.54, 1.807) is 6.20 Å². The molecule has 1 aliphatic heterocycles. The molecule has 0 unspecified atom stereocenters. The highest BCUT2D eigenvalue weighted by molar-refractivity contribution is 5.69. The van der Waals surface area contributed by atoms with Crippen molar-refractivity contribution >= 4 is 17.5 Å². The predicted molar refractivity (Wildman–Crippen MR) is 113 cm³/mol. The first-order valence-corrected chi connectivity index (χ1v) is 9.69. The Kier molecular flexibility index (Phi) is 5.61. The summed E-state index contributed by atoms with van der Waals surface area (Å²) in [5, 5.41) is 12.4. The molecule has 6 heteroatoms. The highest BCUT2D eigenvalue weighted by Crippen LogP contribution is 2.26. The fourth-order valence-electron chi connectivity index (χ4n) is 3.44. The summed E-state index contributed by atoms with van der Waals surface area (Å²) in [5.41, 5.74) is 4.03. The van der Waals surface area contributed by atoms with E-state index in [0.717, 1.165) is 28.3 Å². The number of piperidine rings is 1. The van der Waals surface area contributed by atoms with Crippen molar-refractivity contribution in [3.8, 4) is 16.9 Å². The second-order valence-electron chi connectivity index (χ2n) is 7.06. The number of benzene rings is 2. The molecule has 4 rings (SSSR count). The second kappa shape index (κ2) is 8.65. The number of nitrogens with one attached hydrogen (secondary N) is 1. The molecule has 29 heavy (non-hydrogen) atoms. The number of para-hydroxylation sites is 1. The highest BCUT2D eigenvalue weighted by Gasteiger charge is 2.23. The Balaban J connectivity index is 1.39. The van der Waals surface area contributed by atoms with Crippen LogP contribution < -0.4 is 10.1 Å². The Bertz CT molecular complexity index is 953. The molecule has 0 radical (unpaired) electrons. The van der Waals surface area contributed by atoms with E-state index in [4.69, 9.17) is 9.84 Å². The zero-order valence-corrected chi connectivity index (χ0v) is 16.0. The van der Waals surface area contributed by atoms with Gasteiger partial charge < -0.3 is 20.1 Å². The number of amides is 1.